The molecule has 0 unspecified atom stereocenters. The molecular weight excluding hydrogens is 480 g/mol. The molecule has 3 aromatic heterocycles. The van der Waals surface area contributed by atoms with Gasteiger partial charge in [-0.15, -0.1) is 0 Å². The number of methoxy groups -OCH3 is 3. The van der Waals surface area contributed by atoms with Crippen molar-refractivity contribution >= 4 is 22.8 Å². The van der Waals surface area contributed by atoms with Crippen molar-refractivity contribution in [3.63, 3.8) is 0 Å². The van der Waals surface area contributed by atoms with Crippen LogP contribution in [0.3, 0.4) is 0 Å². The van der Waals surface area contributed by atoms with E-state index in [0.29, 0.717) is 52.8 Å². The van der Waals surface area contributed by atoms with Crippen molar-refractivity contribution < 1.29 is 23.6 Å². The maximum Gasteiger partial charge on any atom is 0.332 e. The minimum atomic E-state index is -0.407. The molecule has 0 aliphatic heterocycles. The monoisotopic (exact) mass is 509 g/mol. The number of carbonyl (C=O) groups excluding carboxylic acids is 1. The summed E-state index contributed by atoms with van der Waals surface area (Å²) in [5, 5.41) is 2.86. The summed E-state index contributed by atoms with van der Waals surface area (Å²) in [6, 6.07) is 6.78. The lowest BCUT2D eigenvalue weighted by Crippen LogP contribution is -2.37. The smallest absolute Gasteiger partial charge is 0.332 e. The normalized spacial score (nSPS) is 10.9. The van der Waals surface area contributed by atoms with Gasteiger partial charge in [0.15, 0.2) is 35.1 Å². The van der Waals surface area contributed by atoms with Gasteiger partial charge in [0.2, 0.25) is 5.75 Å². The van der Waals surface area contributed by atoms with E-state index in [1.807, 2.05) is 17.0 Å². The van der Waals surface area contributed by atoms with Crippen LogP contribution in [0.2, 0.25) is 0 Å². The third-order valence-corrected chi connectivity index (χ3v) is 6.11. The summed E-state index contributed by atoms with van der Waals surface area (Å²) in [4.78, 5) is 41.7. The highest BCUT2D eigenvalue weighted by atomic mass is 16.5. The van der Waals surface area contributed by atoms with Gasteiger partial charge in [-0.1, -0.05) is 0 Å². The van der Waals surface area contributed by atoms with Crippen molar-refractivity contribution in [3.05, 3.63) is 69.4 Å². The molecule has 0 fully saturated rings. The number of aromatic nitrogens is 5. The second-order valence-corrected chi connectivity index (χ2v) is 8.36. The minimum absolute atomic E-state index is 0.319. The zero-order valence-electron chi connectivity index (χ0n) is 21.3. The van der Waals surface area contributed by atoms with Gasteiger partial charge in [-0.2, -0.15) is 0 Å². The largest absolute Gasteiger partial charge is 0.493 e. The number of anilines is 1. The summed E-state index contributed by atoms with van der Waals surface area (Å²) < 4.78 is 22.1. The van der Waals surface area contributed by atoms with Gasteiger partial charge in [0, 0.05) is 44.8 Å². The minimum Gasteiger partial charge on any atom is -0.493 e. The fourth-order valence-corrected chi connectivity index (χ4v) is 4.10. The van der Waals surface area contributed by atoms with Crippen molar-refractivity contribution in [1.29, 1.82) is 0 Å². The first-order chi connectivity index (χ1) is 17.8. The van der Waals surface area contributed by atoms with Gasteiger partial charge in [-0.25, -0.2) is 14.3 Å². The first kappa shape index (κ1) is 25.5. The third kappa shape index (κ3) is 4.90. The molecule has 0 radical (unpaired) electrons. The second kappa shape index (κ2) is 10.6. The summed E-state index contributed by atoms with van der Waals surface area (Å²) in [7, 11) is 7.54. The van der Waals surface area contributed by atoms with Crippen molar-refractivity contribution in [1.82, 2.24) is 18.7 Å². The van der Waals surface area contributed by atoms with E-state index in [1.165, 1.54) is 32.9 Å². The molecule has 1 N–H and O–H groups in total. The fraction of sp³-hybridized carbons (Fsp3) is 0.320. The summed E-state index contributed by atoms with van der Waals surface area (Å²) in [6.07, 6.45) is 6.02. The lowest BCUT2D eigenvalue weighted by atomic mass is 10.1. The number of fused-ring (bicyclic) bond motifs is 1. The van der Waals surface area contributed by atoms with Gasteiger partial charge >= 0.3 is 5.69 Å². The van der Waals surface area contributed by atoms with E-state index in [0.717, 1.165) is 11.0 Å². The van der Waals surface area contributed by atoms with Gasteiger partial charge in [0.1, 0.15) is 6.54 Å². The number of aryl methyl sites for hydroxylation is 3. The lowest BCUT2D eigenvalue weighted by molar-refractivity contribution is -0.697. The molecule has 0 bridgehead atoms. The molecule has 0 saturated heterocycles. The number of carbonyl (C=O) groups is 1. The Kier molecular flexibility index (Phi) is 7.27. The first-order valence-corrected chi connectivity index (χ1v) is 11.5. The molecule has 1 aromatic carbocycles. The summed E-state index contributed by atoms with van der Waals surface area (Å²) in [5.41, 5.74) is 0.987. The molecule has 0 aliphatic carbocycles. The second-order valence-electron chi connectivity index (χ2n) is 8.36. The number of hydrogen-bond donors (Lipinski definition) is 1. The zero-order chi connectivity index (χ0) is 26.7. The van der Waals surface area contributed by atoms with Crippen LogP contribution in [0.25, 0.3) is 11.2 Å². The number of rotatable bonds is 9. The molecule has 0 atom stereocenters. The number of pyridine rings is 1. The number of imidazole rings is 1. The molecule has 3 heterocycles. The Bertz CT molecular complexity index is 1540. The Labute approximate surface area is 212 Å². The van der Waals surface area contributed by atoms with Crippen LogP contribution in [0.4, 0.5) is 5.69 Å². The van der Waals surface area contributed by atoms with Gasteiger partial charge in [-0.05, 0) is 12.1 Å². The number of amides is 1. The molecule has 194 valence electrons. The molecule has 0 saturated carbocycles. The molecular formula is C25H29N6O6+. The lowest BCUT2D eigenvalue weighted by Gasteiger charge is -2.14. The van der Waals surface area contributed by atoms with E-state index in [-0.39, 0.29) is 11.5 Å². The van der Waals surface area contributed by atoms with Crippen LogP contribution in [-0.2, 0) is 27.2 Å². The van der Waals surface area contributed by atoms with E-state index in [4.69, 9.17) is 14.2 Å². The van der Waals surface area contributed by atoms with Crippen LogP contribution in [0.5, 0.6) is 17.2 Å². The van der Waals surface area contributed by atoms with Crippen LogP contribution in [-0.4, -0.2) is 45.9 Å². The van der Waals surface area contributed by atoms with E-state index in [2.05, 4.69) is 10.3 Å². The Hall–Kier alpha value is -4.61. The zero-order valence-corrected chi connectivity index (χ0v) is 21.3. The van der Waals surface area contributed by atoms with Gasteiger partial charge < -0.3 is 24.1 Å². The highest BCUT2D eigenvalue weighted by Crippen LogP contribution is 2.38. The van der Waals surface area contributed by atoms with Crippen LogP contribution in [0, 0.1) is 0 Å². The summed E-state index contributed by atoms with van der Waals surface area (Å²) in [5.74, 6) is 0.877. The van der Waals surface area contributed by atoms with E-state index < -0.39 is 5.69 Å². The van der Waals surface area contributed by atoms with E-state index in [1.54, 1.807) is 42.2 Å². The van der Waals surface area contributed by atoms with Crippen LogP contribution in [0.15, 0.2) is 52.6 Å². The standard InChI is InChI=1S/C25H28N6O6/c1-28-22-20(24(33)29(2)25(28)34)31(15-26-22)10-6-9-30-11-7-17(8-12-30)27-23(32)16-13-18(35-3)21(37-5)19(14-16)36-4/h7-8,11-15H,6,9-10H2,1-5H3/p+1. The maximum atomic E-state index is 12.8. The quantitative estimate of drug-likeness (QED) is 0.335. The molecule has 12 heteroatoms. The Morgan fingerprint density at radius 2 is 1.65 bits per heavy atom. The molecule has 0 aliphatic rings. The molecule has 4 aromatic rings. The number of nitrogens with zero attached hydrogens (tertiary/aromatic N) is 5. The number of benzene rings is 1. The fourth-order valence-electron chi connectivity index (χ4n) is 4.10. The van der Waals surface area contributed by atoms with E-state index in [9.17, 15) is 14.4 Å². The molecule has 12 nitrogen and oxygen atoms in total. The Morgan fingerprint density at radius 1 is 1.00 bits per heavy atom. The van der Waals surface area contributed by atoms with Gasteiger partial charge in [0.05, 0.1) is 33.3 Å². The summed E-state index contributed by atoms with van der Waals surface area (Å²) in [6.45, 7) is 1.23. The number of nitrogens with one attached hydrogen (secondary N) is 1. The van der Waals surface area contributed by atoms with Crippen molar-refractivity contribution in [2.45, 2.75) is 19.5 Å². The Balaban J connectivity index is 1.41. The van der Waals surface area contributed by atoms with Gasteiger partial charge in [0.25, 0.3) is 11.5 Å². The number of ether oxygens (including phenoxy) is 3. The molecule has 1 amide bonds. The number of hydrogen-bond acceptors (Lipinski definition) is 7. The van der Waals surface area contributed by atoms with Crippen molar-refractivity contribution in [2.75, 3.05) is 26.6 Å². The summed E-state index contributed by atoms with van der Waals surface area (Å²) >= 11 is 0. The average molecular weight is 510 g/mol. The molecule has 0 spiro atoms. The predicted octanol–water partition coefficient (Wildman–Crippen LogP) is 1.09. The highest BCUT2D eigenvalue weighted by molar-refractivity contribution is 6.05. The highest BCUT2D eigenvalue weighted by Gasteiger charge is 2.18. The average Bonchev–Trinajstić information content (AvgIpc) is 3.34. The van der Waals surface area contributed by atoms with E-state index >= 15 is 0 Å². The Morgan fingerprint density at radius 3 is 2.24 bits per heavy atom. The maximum absolute atomic E-state index is 12.8. The molecule has 4 rings (SSSR count). The molecule has 37 heavy (non-hydrogen) atoms. The SMILES string of the molecule is COc1cc(C(=O)Nc2cc[n+](CCCn3cnc4c3c(=O)n(C)c(=O)n4C)cc2)cc(OC)c1OC. The van der Waals surface area contributed by atoms with Gasteiger partial charge in [-0.3, -0.25) is 18.7 Å². The van der Waals surface area contributed by atoms with Crippen LogP contribution in [0.1, 0.15) is 16.8 Å². The van der Waals surface area contributed by atoms with Crippen LogP contribution >= 0.6 is 0 Å². The first-order valence-electron chi connectivity index (χ1n) is 11.5. The van der Waals surface area contributed by atoms with Crippen molar-refractivity contribution in [3.8, 4) is 17.2 Å². The predicted molar refractivity (Wildman–Crippen MR) is 136 cm³/mol. The van der Waals surface area contributed by atoms with Crippen LogP contribution < -0.4 is 35.3 Å². The van der Waals surface area contributed by atoms with Crippen molar-refractivity contribution in [2.24, 2.45) is 14.1 Å². The third-order valence-electron chi connectivity index (χ3n) is 6.11. The topological polar surface area (TPSA) is 122 Å².